The summed E-state index contributed by atoms with van der Waals surface area (Å²) in [5, 5.41) is 17.7. The molecule has 2 heterocycles. The summed E-state index contributed by atoms with van der Waals surface area (Å²) >= 11 is 0. The lowest BCUT2D eigenvalue weighted by atomic mass is 9.51. The number of quaternary nitrogens is 1. The number of ketones is 1. The molecule has 6 atom stereocenters. The zero-order chi connectivity index (χ0) is 39.5. The molecule has 2 aromatic carbocycles. The van der Waals surface area contributed by atoms with Gasteiger partial charge in [0.1, 0.15) is 18.3 Å². The van der Waals surface area contributed by atoms with Gasteiger partial charge in [-0.25, -0.2) is 4.79 Å². The van der Waals surface area contributed by atoms with Crippen molar-refractivity contribution in [1.29, 1.82) is 5.41 Å². The number of carbonyl (C=O) groups excluding carboxylic acids is 5. The number of amides is 4. The Kier molecular flexibility index (Phi) is 11.5. The highest BCUT2D eigenvalue weighted by Crippen LogP contribution is 2.64. The molecule has 4 amide bonds. The summed E-state index contributed by atoms with van der Waals surface area (Å²) in [5.74, 6) is 0.839. The third-order valence-electron chi connectivity index (χ3n) is 11.8. The number of rotatable bonds is 15. The first-order chi connectivity index (χ1) is 26.2. The molecule has 6 rings (SSSR count). The molecule has 1 saturated carbocycles. The minimum absolute atomic E-state index is 0.105. The molecule has 1 saturated heterocycles. The van der Waals surface area contributed by atoms with Gasteiger partial charge >= 0.3 is 6.09 Å². The van der Waals surface area contributed by atoms with Crippen molar-refractivity contribution in [1.82, 2.24) is 26.2 Å². The maximum atomic E-state index is 13.3. The van der Waals surface area contributed by atoms with Crippen LogP contribution >= 0.6 is 0 Å². The fraction of sp³-hybridized carbons (Fsp3) is 0.538. The number of nitrogens with one attached hydrogen (secondary N) is 5. The molecular formula is C39H53N8O8+. The van der Waals surface area contributed by atoms with E-state index in [4.69, 9.17) is 25.4 Å². The van der Waals surface area contributed by atoms with Crippen LogP contribution in [0.15, 0.2) is 36.4 Å². The van der Waals surface area contributed by atoms with Crippen molar-refractivity contribution in [2.75, 3.05) is 53.9 Å². The number of nitrogens with two attached hydrogens (primary N) is 1. The molecule has 0 aromatic heterocycles. The summed E-state index contributed by atoms with van der Waals surface area (Å²) in [5.41, 5.74) is 8.60. The van der Waals surface area contributed by atoms with Gasteiger partial charge < -0.3 is 50.6 Å². The van der Waals surface area contributed by atoms with Crippen LogP contribution in [0.25, 0.3) is 0 Å². The molecule has 2 aromatic rings. The standard InChI is InChI=1S/C39H52N8O8/c1-23(48)44-21-32(50)45-28(6-5-16-43-37(40)41)36(51)42-17-18-46(2)38(52)54-26-10-7-24(8-11-26)22-47(3)19-15-39-27-12-13-30(49)35(39)55-34-31(53-4)14-9-25(33(34)39)20-29(27)47/h7-11,14,27-29,35H,5-6,12-13,15-22H2,1-4H3,(H6-,40,41,42,43,44,45,48,50,51)/p+1/t27-,28-,29?,35-,39-,47+/m0/s1. The van der Waals surface area contributed by atoms with Crippen molar-refractivity contribution in [2.45, 2.75) is 75.6 Å². The van der Waals surface area contributed by atoms with Crippen molar-refractivity contribution in [3.63, 3.8) is 0 Å². The molecule has 296 valence electrons. The van der Waals surface area contributed by atoms with Gasteiger partial charge in [0.05, 0.1) is 38.7 Å². The Labute approximate surface area is 320 Å². The summed E-state index contributed by atoms with van der Waals surface area (Å²) in [4.78, 5) is 64.0. The minimum atomic E-state index is -0.896. The fourth-order valence-electron chi connectivity index (χ4n) is 9.21. The van der Waals surface area contributed by atoms with E-state index in [0.717, 1.165) is 48.1 Å². The van der Waals surface area contributed by atoms with E-state index in [1.807, 2.05) is 18.2 Å². The minimum Gasteiger partial charge on any atom is -0.493 e. The maximum absolute atomic E-state index is 13.3. The lowest BCUT2D eigenvalue weighted by Gasteiger charge is -2.60. The Morgan fingerprint density at radius 2 is 1.87 bits per heavy atom. The first-order valence-electron chi connectivity index (χ1n) is 18.9. The lowest BCUT2D eigenvalue weighted by molar-refractivity contribution is -0.957. The summed E-state index contributed by atoms with van der Waals surface area (Å²) in [6.07, 6.45) is 2.82. The normalized spacial score (nSPS) is 24.7. The van der Waals surface area contributed by atoms with Crippen LogP contribution in [-0.4, -0.2) is 117 Å². The van der Waals surface area contributed by atoms with Gasteiger partial charge in [0.15, 0.2) is 29.3 Å². The van der Waals surface area contributed by atoms with E-state index in [1.54, 1.807) is 26.3 Å². The predicted molar refractivity (Wildman–Crippen MR) is 202 cm³/mol. The molecule has 4 aliphatic rings. The molecular weight excluding hydrogens is 708 g/mol. The van der Waals surface area contributed by atoms with Crippen LogP contribution < -0.4 is 41.2 Å². The SMILES string of the molecule is COc1ccc2c3c1O[C@H]1C(=O)CC[C@H]4C(C2)[N@@+](C)(Cc2ccc(OC(=O)N(C)CCNC(=O)[C@H](CCCNC(=N)N)NC(=O)CNC(C)=O)cc2)CC[C@]314. The second-order valence-electron chi connectivity index (χ2n) is 15.4. The molecule has 1 unspecified atom stereocenters. The van der Waals surface area contributed by atoms with E-state index in [9.17, 15) is 24.0 Å². The van der Waals surface area contributed by atoms with E-state index in [-0.39, 0.29) is 49.1 Å². The van der Waals surface area contributed by atoms with Crippen LogP contribution in [0.1, 0.15) is 55.7 Å². The summed E-state index contributed by atoms with van der Waals surface area (Å²) in [6.45, 7) is 3.31. The molecule has 2 bridgehead atoms. The van der Waals surface area contributed by atoms with Gasteiger partial charge in [-0.05, 0) is 55.2 Å². The average molecular weight is 762 g/mol. The zero-order valence-electron chi connectivity index (χ0n) is 32.0. The number of guanidine groups is 1. The van der Waals surface area contributed by atoms with Gasteiger partial charge in [-0.2, -0.15) is 0 Å². The number of piperidine rings is 1. The number of ether oxygens (including phenoxy) is 3. The number of hydrogen-bond donors (Lipinski definition) is 6. The number of likely N-dealkylation sites (N-methyl/N-ethyl adjacent to an activating group) is 2. The van der Waals surface area contributed by atoms with Gasteiger partial charge in [-0.1, -0.05) is 6.07 Å². The van der Waals surface area contributed by atoms with Gasteiger partial charge in [-0.15, -0.1) is 0 Å². The van der Waals surface area contributed by atoms with Gasteiger partial charge in [-0.3, -0.25) is 24.6 Å². The topological polar surface area (TPSA) is 214 Å². The highest BCUT2D eigenvalue weighted by Gasteiger charge is 2.69. The molecule has 2 fully saturated rings. The van der Waals surface area contributed by atoms with Crippen LogP contribution in [0.4, 0.5) is 4.79 Å². The number of Topliss-reactive ketones (excluding diaryl/α,β-unsaturated/α-hetero) is 1. The lowest BCUT2D eigenvalue weighted by Crippen LogP contribution is -2.71. The molecule has 16 nitrogen and oxygen atoms in total. The maximum Gasteiger partial charge on any atom is 0.415 e. The third-order valence-corrected chi connectivity index (χ3v) is 11.8. The number of methoxy groups -OCH3 is 1. The number of likely N-dealkylation sites (tertiary alicyclic amines) is 1. The molecule has 2 aliphatic carbocycles. The van der Waals surface area contributed by atoms with Crippen LogP contribution in [0.3, 0.4) is 0 Å². The van der Waals surface area contributed by atoms with Crippen molar-refractivity contribution in [2.24, 2.45) is 11.7 Å². The number of nitrogens with zero attached hydrogens (tertiary/aromatic N) is 2. The predicted octanol–water partition coefficient (Wildman–Crippen LogP) is 1.08. The Bertz CT molecular complexity index is 1840. The van der Waals surface area contributed by atoms with E-state index >= 15 is 0 Å². The van der Waals surface area contributed by atoms with Crippen LogP contribution in [-0.2, 0) is 37.6 Å². The van der Waals surface area contributed by atoms with Crippen LogP contribution in [0, 0.1) is 11.3 Å². The van der Waals surface area contributed by atoms with Crippen molar-refractivity contribution in [3.05, 3.63) is 53.1 Å². The Balaban J connectivity index is 1.02. The van der Waals surface area contributed by atoms with Crippen molar-refractivity contribution >= 4 is 35.6 Å². The molecule has 2 aliphatic heterocycles. The van der Waals surface area contributed by atoms with Crippen molar-refractivity contribution in [3.8, 4) is 17.2 Å². The van der Waals surface area contributed by atoms with Crippen LogP contribution in [0.2, 0.25) is 0 Å². The molecule has 55 heavy (non-hydrogen) atoms. The molecule has 7 N–H and O–H groups in total. The van der Waals surface area contributed by atoms with Gasteiger partial charge in [0.2, 0.25) is 17.7 Å². The highest BCUT2D eigenvalue weighted by molar-refractivity contribution is 5.90. The summed E-state index contributed by atoms with van der Waals surface area (Å²) in [7, 11) is 5.54. The number of carbonyl (C=O) groups is 5. The number of benzene rings is 2. The molecule has 1 spiro atoms. The quantitative estimate of drug-likeness (QED) is 0.0658. The summed E-state index contributed by atoms with van der Waals surface area (Å²) < 4.78 is 18.6. The summed E-state index contributed by atoms with van der Waals surface area (Å²) in [6, 6.07) is 11.1. The first-order valence-corrected chi connectivity index (χ1v) is 18.9. The second kappa shape index (κ2) is 16.2. The largest absolute Gasteiger partial charge is 0.493 e. The Hall–Kier alpha value is -5.38. The fourth-order valence-corrected chi connectivity index (χ4v) is 9.21. The monoisotopic (exact) mass is 761 g/mol. The van der Waals surface area contributed by atoms with E-state index in [0.29, 0.717) is 42.8 Å². The van der Waals surface area contributed by atoms with E-state index in [2.05, 4.69) is 34.4 Å². The third kappa shape index (κ3) is 8.04. The van der Waals surface area contributed by atoms with Gasteiger partial charge in [0, 0.05) is 69.9 Å². The zero-order valence-corrected chi connectivity index (χ0v) is 32.0. The Morgan fingerprint density at radius 3 is 2.58 bits per heavy atom. The highest BCUT2D eigenvalue weighted by atomic mass is 16.6. The van der Waals surface area contributed by atoms with Crippen LogP contribution in [0.5, 0.6) is 17.2 Å². The molecule has 0 radical (unpaired) electrons. The smallest absolute Gasteiger partial charge is 0.415 e. The van der Waals surface area contributed by atoms with E-state index < -0.39 is 30.1 Å². The molecule has 16 heteroatoms. The van der Waals surface area contributed by atoms with Crippen molar-refractivity contribution < 1.29 is 42.7 Å². The van der Waals surface area contributed by atoms with Gasteiger partial charge in [0.25, 0.3) is 0 Å². The average Bonchev–Trinajstić information content (AvgIpc) is 3.51. The van der Waals surface area contributed by atoms with E-state index in [1.165, 1.54) is 23.0 Å². The first kappa shape index (κ1) is 39.3. The number of hydrogen-bond acceptors (Lipinski definition) is 9. The second-order valence-corrected chi connectivity index (χ2v) is 15.4. The Morgan fingerprint density at radius 1 is 1.11 bits per heavy atom.